The van der Waals surface area contributed by atoms with Crippen LogP contribution in [0.4, 0.5) is 0 Å². The summed E-state index contributed by atoms with van der Waals surface area (Å²) in [7, 11) is 0. The second-order valence-electron chi connectivity index (χ2n) is 6.35. The summed E-state index contributed by atoms with van der Waals surface area (Å²) in [6.07, 6.45) is 0.0250. The summed E-state index contributed by atoms with van der Waals surface area (Å²) in [6.45, 7) is 3.78. The lowest BCUT2D eigenvalue weighted by atomic mass is 10.1. The molecule has 0 aliphatic heterocycles. The lowest BCUT2D eigenvalue weighted by molar-refractivity contribution is -0.147. The van der Waals surface area contributed by atoms with Gasteiger partial charge < -0.3 is 10.1 Å². The molecule has 1 aromatic carbocycles. The second kappa shape index (κ2) is 9.43. The number of halogens is 2. The Labute approximate surface area is 182 Å². The number of hydrogen-bond acceptors (Lipinski definition) is 5. The summed E-state index contributed by atoms with van der Waals surface area (Å²) in [5.41, 5.74) is 2.99. The quantitative estimate of drug-likeness (QED) is 0.544. The molecule has 2 aromatic heterocycles. The molecule has 0 unspecified atom stereocenters. The minimum absolute atomic E-state index is 0.0250. The van der Waals surface area contributed by atoms with E-state index in [9.17, 15) is 9.59 Å². The Morgan fingerprint density at radius 3 is 2.69 bits per heavy atom. The summed E-state index contributed by atoms with van der Waals surface area (Å²) in [4.78, 5) is 25.1. The zero-order valence-corrected chi connectivity index (χ0v) is 18.2. The van der Waals surface area contributed by atoms with Crippen LogP contribution in [0.5, 0.6) is 0 Å². The van der Waals surface area contributed by atoms with Gasteiger partial charge in [0.15, 0.2) is 6.61 Å². The van der Waals surface area contributed by atoms with Crippen LogP contribution in [0.25, 0.3) is 5.69 Å². The predicted molar refractivity (Wildman–Crippen MR) is 114 cm³/mol. The highest BCUT2D eigenvalue weighted by atomic mass is 35.5. The number of benzene rings is 1. The second-order valence-corrected chi connectivity index (χ2v) is 8.20. The molecule has 152 valence electrons. The molecule has 0 aliphatic rings. The Hall–Kier alpha value is -2.35. The van der Waals surface area contributed by atoms with Gasteiger partial charge in [-0.2, -0.15) is 5.10 Å². The van der Waals surface area contributed by atoms with E-state index >= 15 is 0 Å². The molecule has 1 amide bonds. The Bertz CT molecular complexity index is 1030. The molecule has 9 heteroatoms. The van der Waals surface area contributed by atoms with Gasteiger partial charge in [-0.25, -0.2) is 4.68 Å². The fourth-order valence-electron chi connectivity index (χ4n) is 2.79. The number of thiophene rings is 1. The van der Waals surface area contributed by atoms with Crippen molar-refractivity contribution < 1.29 is 14.3 Å². The normalized spacial score (nSPS) is 10.8. The first-order valence-electron chi connectivity index (χ1n) is 8.80. The van der Waals surface area contributed by atoms with Crippen molar-refractivity contribution in [1.29, 1.82) is 0 Å². The van der Waals surface area contributed by atoms with E-state index in [-0.39, 0.29) is 18.9 Å². The number of aryl methyl sites for hydroxylation is 1. The third kappa shape index (κ3) is 5.38. The molecule has 3 aromatic rings. The Morgan fingerprint density at radius 1 is 1.21 bits per heavy atom. The highest BCUT2D eigenvalue weighted by Gasteiger charge is 2.18. The summed E-state index contributed by atoms with van der Waals surface area (Å²) >= 11 is 13.6. The number of amides is 1. The molecule has 0 saturated heterocycles. The number of carbonyl (C=O) groups excluding carboxylic acids is 2. The smallest absolute Gasteiger partial charge is 0.310 e. The summed E-state index contributed by atoms with van der Waals surface area (Å²) in [5, 5.41) is 10.0. The fraction of sp³-hybridized carbons (Fsp3) is 0.250. The van der Waals surface area contributed by atoms with E-state index < -0.39 is 5.97 Å². The van der Waals surface area contributed by atoms with Crippen molar-refractivity contribution in [2.75, 3.05) is 6.61 Å². The van der Waals surface area contributed by atoms with E-state index in [0.717, 1.165) is 21.8 Å². The molecule has 0 atom stereocenters. The Balaban J connectivity index is 1.59. The molecule has 1 N–H and O–H groups in total. The summed E-state index contributed by atoms with van der Waals surface area (Å²) < 4.78 is 6.82. The molecular formula is C20H19Cl2N3O3S. The van der Waals surface area contributed by atoms with E-state index in [0.29, 0.717) is 22.3 Å². The van der Waals surface area contributed by atoms with E-state index in [1.54, 1.807) is 34.2 Å². The van der Waals surface area contributed by atoms with Gasteiger partial charge in [-0.05, 0) is 43.5 Å². The minimum Gasteiger partial charge on any atom is -0.455 e. The number of nitrogens with zero attached hydrogens (tertiary/aromatic N) is 2. The van der Waals surface area contributed by atoms with Crippen LogP contribution >= 0.6 is 34.5 Å². The number of rotatable bonds is 7. The van der Waals surface area contributed by atoms with Gasteiger partial charge in [0.05, 0.1) is 34.4 Å². The van der Waals surface area contributed by atoms with Gasteiger partial charge in [-0.15, -0.1) is 11.3 Å². The Kier molecular flexibility index (Phi) is 6.95. The Morgan fingerprint density at radius 2 is 2.00 bits per heavy atom. The third-order valence-corrected chi connectivity index (χ3v) is 5.93. The van der Waals surface area contributed by atoms with Gasteiger partial charge in [0.1, 0.15) is 0 Å². The average Bonchev–Trinajstić information content (AvgIpc) is 3.30. The molecule has 0 spiro atoms. The molecule has 3 rings (SSSR count). The summed E-state index contributed by atoms with van der Waals surface area (Å²) in [5.74, 6) is -0.831. The molecule has 0 radical (unpaired) electrons. The van der Waals surface area contributed by atoms with Crippen LogP contribution in [-0.4, -0.2) is 28.3 Å². The van der Waals surface area contributed by atoms with Crippen molar-refractivity contribution in [3.63, 3.8) is 0 Å². The SMILES string of the molecule is Cc1nn(-c2ccc(Cl)c(Cl)c2)c(C)c1CC(=O)OCC(=O)NCc1cccs1. The predicted octanol–water partition coefficient (Wildman–Crippen LogP) is 4.26. The fourth-order valence-corrected chi connectivity index (χ4v) is 3.73. The van der Waals surface area contributed by atoms with E-state index in [2.05, 4.69) is 10.4 Å². The first-order valence-corrected chi connectivity index (χ1v) is 10.4. The van der Waals surface area contributed by atoms with Gasteiger partial charge in [0.2, 0.25) is 0 Å². The topological polar surface area (TPSA) is 73.2 Å². The maximum absolute atomic E-state index is 12.2. The highest BCUT2D eigenvalue weighted by molar-refractivity contribution is 7.09. The van der Waals surface area contributed by atoms with Crippen LogP contribution in [0, 0.1) is 13.8 Å². The maximum Gasteiger partial charge on any atom is 0.310 e. The van der Waals surface area contributed by atoms with E-state index in [4.69, 9.17) is 27.9 Å². The molecule has 0 saturated carbocycles. The zero-order valence-electron chi connectivity index (χ0n) is 15.9. The largest absolute Gasteiger partial charge is 0.455 e. The number of aromatic nitrogens is 2. The number of nitrogens with one attached hydrogen (secondary N) is 1. The number of ether oxygens (including phenoxy) is 1. The van der Waals surface area contributed by atoms with Crippen LogP contribution in [0.2, 0.25) is 10.0 Å². The molecule has 2 heterocycles. The van der Waals surface area contributed by atoms with Crippen LogP contribution in [-0.2, 0) is 27.3 Å². The third-order valence-electron chi connectivity index (χ3n) is 4.31. The van der Waals surface area contributed by atoms with Crippen molar-refractivity contribution in [3.8, 4) is 5.69 Å². The molecular weight excluding hydrogens is 433 g/mol. The van der Waals surface area contributed by atoms with Gasteiger partial charge in [0, 0.05) is 16.1 Å². The van der Waals surface area contributed by atoms with E-state index in [1.807, 2.05) is 31.4 Å². The van der Waals surface area contributed by atoms with Crippen molar-refractivity contribution in [1.82, 2.24) is 15.1 Å². The van der Waals surface area contributed by atoms with Gasteiger partial charge >= 0.3 is 5.97 Å². The zero-order chi connectivity index (χ0) is 21.0. The highest BCUT2D eigenvalue weighted by Crippen LogP contribution is 2.26. The van der Waals surface area contributed by atoms with Crippen LogP contribution in [0.15, 0.2) is 35.7 Å². The number of hydrogen-bond donors (Lipinski definition) is 1. The van der Waals surface area contributed by atoms with Crippen molar-refractivity contribution in [2.24, 2.45) is 0 Å². The lowest BCUT2D eigenvalue weighted by Crippen LogP contribution is -2.28. The minimum atomic E-state index is -0.490. The first-order chi connectivity index (χ1) is 13.8. The van der Waals surface area contributed by atoms with Crippen LogP contribution in [0.3, 0.4) is 0 Å². The van der Waals surface area contributed by atoms with Crippen molar-refractivity contribution in [3.05, 3.63) is 67.6 Å². The van der Waals surface area contributed by atoms with Crippen molar-refractivity contribution in [2.45, 2.75) is 26.8 Å². The average molecular weight is 452 g/mol. The van der Waals surface area contributed by atoms with Crippen molar-refractivity contribution >= 4 is 46.4 Å². The first kappa shape index (κ1) is 21.4. The molecule has 0 aliphatic carbocycles. The molecule has 0 fully saturated rings. The number of carbonyl (C=O) groups is 2. The van der Waals surface area contributed by atoms with Crippen LogP contribution in [0.1, 0.15) is 21.8 Å². The van der Waals surface area contributed by atoms with Crippen LogP contribution < -0.4 is 5.32 Å². The molecule has 6 nitrogen and oxygen atoms in total. The summed E-state index contributed by atoms with van der Waals surface area (Å²) in [6, 6.07) is 9.04. The van der Waals surface area contributed by atoms with Gasteiger partial charge in [-0.3, -0.25) is 9.59 Å². The standard InChI is InChI=1S/C20H19Cl2N3O3S/c1-12-16(13(2)25(24-12)14-5-6-17(21)18(22)8-14)9-20(27)28-11-19(26)23-10-15-4-3-7-29-15/h3-8H,9-11H2,1-2H3,(H,23,26). The molecule has 29 heavy (non-hydrogen) atoms. The monoisotopic (exact) mass is 451 g/mol. The maximum atomic E-state index is 12.2. The lowest BCUT2D eigenvalue weighted by Gasteiger charge is -2.08. The molecule has 0 bridgehead atoms. The van der Waals surface area contributed by atoms with E-state index in [1.165, 1.54) is 0 Å². The van der Waals surface area contributed by atoms with Gasteiger partial charge in [-0.1, -0.05) is 29.3 Å². The number of esters is 1. The van der Waals surface area contributed by atoms with Gasteiger partial charge in [0.25, 0.3) is 5.91 Å².